The van der Waals surface area contributed by atoms with Crippen molar-refractivity contribution in [3.8, 4) is 16.9 Å². The fraction of sp³-hybridized carbons (Fsp3) is 0.167. The molecule has 1 aromatic carbocycles. The molecule has 0 spiro atoms. The van der Waals surface area contributed by atoms with Gasteiger partial charge in [0.1, 0.15) is 5.75 Å². The van der Waals surface area contributed by atoms with Crippen LogP contribution in [0.5, 0.6) is 5.75 Å². The number of aromatic nitrogens is 3. The fourth-order valence-corrected chi connectivity index (χ4v) is 2.17. The van der Waals surface area contributed by atoms with Gasteiger partial charge in [-0.2, -0.15) is 5.10 Å². The van der Waals surface area contributed by atoms with Crippen LogP contribution in [0, 0.1) is 6.07 Å². The quantitative estimate of drug-likeness (QED) is 0.754. The van der Waals surface area contributed by atoms with E-state index in [-0.39, 0.29) is 12.5 Å². The van der Waals surface area contributed by atoms with E-state index < -0.39 is 0 Å². The maximum Gasteiger partial charge on any atom is 0.258 e. The first-order chi connectivity index (χ1) is 11.7. The Labute approximate surface area is 140 Å². The third-order valence-electron chi connectivity index (χ3n) is 3.38. The number of pyridine rings is 1. The van der Waals surface area contributed by atoms with Gasteiger partial charge in [-0.05, 0) is 41.5 Å². The molecule has 0 unspecified atom stereocenters. The van der Waals surface area contributed by atoms with Crippen LogP contribution in [0.25, 0.3) is 11.1 Å². The van der Waals surface area contributed by atoms with Crippen molar-refractivity contribution in [3.63, 3.8) is 0 Å². The summed E-state index contributed by atoms with van der Waals surface area (Å²) in [7, 11) is 1.86. The average molecular weight is 321 g/mol. The molecule has 1 radical (unpaired) electrons. The highest BCUT2D eigenvalue weighted by Crippen LogP contribution is 2.22. The molecule has 24 heavy (non-hydrogen) atoms. The van der Waals surface area contributed by atoms with Gasteiger partial charge in [0.2, 0.25) is 0 Å². The molecule has 6 nitrogen and oxygen atoms in total. The third kappa shape index (κ3) is 4.19. The van der Waals surface area contributed by atoms with Crippen molar-refractivity contribution in [2.45, 2.75) is 6.54 Å². The van der Waals surface area contributed by atoms with E-state index in [1.165, 1.54) is 0 Å². The van der Waals surface area contributed by atoms with Gasteiger partial charge >= 0.3 is 0 Å². The van der Waals surface area contributed by atoms with Crippen molar-refractivity contribution in [3.05, 3.63) is 66.7 Å². The Morgan fingerprint density at radius 2 is 2.25 bits per heavy atom. The van der Waals surface area contributed by atoms with Crippen molar-refractivity contribution in [2.75, 3.05) is 6.61 Å². The van der Waals surface area contributed by atoms with E-state index in [2.05, 4.69) is 21.5 Å². The van der Waals surface area contributed by atoms with Crippen molar-refractivity contribution >= 4 is 5.91 Å². The minimum Gasteiger partial charge on any atom is -0.484 e. The lowest BCUT2D eigenvalue weighted by molar-refractivity contribution is -0.123. The molecule has 2 heterocycles. The number of carbonyl (C=O) groups excluding carboxylic acids is 1. The summed E-state index contributed by atoms with van der Waals surface area (Å²) in [6.45, 7) is 0.377. The van der Waals surface area contributed by atoms with E-state index in [4.69, 9.17) is 4.74 Å². The third-order valence-corrected chi connectivity index (χ3v) is 3.38. The number of carbonyl (C=O) groups is 1. The number of amides is 1. The highest BCUT2D eigenvalue weighted by Gasteiger charge is 2.05. The van der Waals surface area contributed by atoms with Gasteiger partial charge in [0.15, 0.2) is 6.61 Å². The molecular weight excluding hydrogens is 304 g/mol. The summed E-state index contributed by atoms with van der Waals surface area (Å²) in [4.78, 5) is 15.9. The van der Waals surface area contributed by atoms with Crippen molar-refractivity contribution in [2.24, 2.45) is 7.05 Å². The van der Waals surface area contributed by atoms with Crippen molar-refractivity contribution in [1.29, 1.82) is 0 Å². The maximum absolute atomic E-state index is 11.9. The lowest BCUT2D eigenvalue weighted by Crippen LogP contribution is -2.28. The topological polar surface area (TPSA) is 69.0 Å². The van der Waals surface area contributed by atoms with Gasteiger partial charge in [-0.3, -0.25) is 14.5 Å². The Kier molecular flexibility index (Phi) is 4.86. The lowest BCUT2D eigenvalue weighted by Gasteiger charge is -2.08. The van der Waals surface area contributed by atoms with Crippen LogP contribution in [0.15, 0.2) is 55.1 Å². The van der Waals surface area contributed by atoms with Crippen molar-refractivity contribution in [1.82, 2.24) is 20.1 Å². The van der Waals surface area contributed by atoms with Crippen LogP contribution in [-0.2, 0) is 18.4 Å². The van der Waals surface area contributed by atoms with Gasteiger partial charge < -0.3 is 10.1 Å². The van der Waals surface area contributed by atoms with Crippen LogP contribution >= 0.6 is 0 Å². The molecule has 0 aliphatic heterocycles. The highest BCUT2D eigenvalue weighted by molar-refractivity contribution is 5.77. The summed E-state index contributed by atoms with van der Waals surface area (Å²) < 4.78 is 7.27. The van der Waals surface area contributed by atoms with E-state index in [1.54, 1.807) is 29.3 Å². The van der Waals surface area contributed by atoms with E-state index >= 15 is 0 Å². The van der Waals surface area contributed by atoms with Gasteiger partial charge in [0, 0.05) is 37.7 Å². The van der Waals surface area contributed by atoms with Crippen LogP contribution in [-0.4, -0.2) is 27.3 Å². The molecule has 3 aromatic rings. The van der Waals surface area contributed by atoms with Crippen LogP contribution in [0.1, 0.15) is 5.56 Å². The Morgan fingerprint density at radius 1 is 1.33 bits per heavy atom. The molecule has 1 N–H and O–H groups in total. The molecular formula is C18H17N4O2. The summed E-state index contributed by atoms with van der Waals surface area (Å²) in [5.74, 6) is 0.401. The average Bonchev–Trinajstić information content (AvgIpc) is 3.06. The molecule has 121 valence electrons. The molecule has 0 fully saturated rings. The molecule has 2 aromatic heterocycles. The second kappa shape index (κ2) is 7.41. The normalized spacial score (nSPS) is 10.4. The first-order valence-corrected chi connectivity index (χ1v) is 7.49. The van der Waals surface area contributed by atoms with Gasteiger partial charge in [0.25, 0.3) is 5.91 Å². The number of rotatable bonds is 6. The van der Waals surface area contributed by atoms with Gasteiger partial charge in [0.05, 0.1) is 6.20 Å². The molecule has 0 atom stereocenters. The number of benzene rings is 1. The zero-order valence-electron chi connectivity index (χ0n) is 13.3. The molecule has 0 saturated heterocycles. The van der Waals surface area contributed by atoms with E-state index in [0.717, 1.165) is 16.7 Å². The summed E-state index contributed by atoms with van der Waals surface area (Å²) in [6.07, 6.45) is 7.09. The fourth-order valence-electron chi connectivity index (χ4n) is 2.17. The Balaban J connectivity index is 1.54. The summed E-state index contributed by atoms with van der Waals surface area (Å²) in [5, 5.41) is 6.93. The predicted octanol–water partition coefficient (Wildman–Crippen LogP) is 1.98. The van der Waals surface area contributed by atoms with Gasteiger partial charge in [-0.15, -0.1) is 0 Å². The van der Waals surface area contributed by atoms with Crippen LogP contribution in [0.3, 0.4) is 0 Å². The second-order valence-corrected chi connectivity index (χ2v) is 5.29. The van der Waals surface area contributed by atoms with E-state index in [9.17, 15) is 4.79 Å². The second-order valence-electron chi connectivity index (χ2n) is 5.29. The smallest absolute Gasteiger partial charge is 0.258 e. The zero-order valence-corrected chi connectivity index (χ0v) is 13.3. The number of ether oxygens (including phenoxy) is 1. The highest BCUT2D eigenvalue weighted by atomic mass is 16.5. The molecule has 1 amide bonds. The van der Waals surface area contributed by atoms with E-state index in [1.807, 2.05) is 37.5 Å². The predicted molar refractivity (Wildman–Crippen MR) is 89.1 cm³/mol. The van der Waals surface area contributed by atoms with Gasteiger partial charge in [-0.25, -0.2) is 0 Å². The molecule has 6 heteroatoms. The molecule has 3 rings (SSSR count). The lowest BCUT2D eigenvalue weighted by atomic mass is 10.1. The Hall–Kier alpha value is -3.15. The first kappa shape index (κ1) is 15.7. The Bertz CT molecular complexity index is 815. The first-order valence-electron chi connectivity index (χ1n) is 7.49. The van der Waals surface area contributed by atoms with Crippen LogP contribution in [0.4, 0.5) is 0 Å². The molecule has 0 aliphatic rings. The van der Waals surface area contributed by atoms with Crippen LogP contribution in [0.2, 0.25) is 0 Å². The SMILES string of the molecule is Cn1cc(-c2c[c]cc(OCC(=O)NCc3cccnc3)c2)cn1. The largest absolute Gasteiger partial charge is 0.484 e. The summed E-state index contributed by atoms with van der Waals surface area (Å²) >= 11 is 0. The number of hydrogen-bond acceptors (Lipinski definition) is 4. The molecule has 0 bridgehead atoms. The molecule has 0 saturated carbocycles. The number of nitrogens with zero attached hydrogens (tertiary/aromatic N) is 3. The van der Waals surface area contributed by atoms with Crippen LogP contribution < -0.4 is 10.1 Å². The monoisotopic (exact) mass is 321 g/mol. The number of hydrogen-bond donors (Lipinski definition) is 1. The summed E-state index contributed by atoms with van der Waals surface area (Å²) in [6, 6.07) is 12.2. The van der Waals surface area contributed by atoms with Gasteiger partial charge in [-0.1, -0.05) is 6.07 Å². The number of nitrogens with one attached hydrogen (secondary N) is 1. The van der Waals surface area contributed by atoms with Crippen molar-refractivity contribution < 1.29 is 9.53 Å². The summed E-state index contributed by atoms with van der Waals surface area (Å²) in [5.41, 5.74) is 2.86. The minimum absolute atomic E-state index is 0.0510. The molecule has 0 aliphatic carbocycles. The maximum atomic E-state index is 11.9. The standard InChI is InChI=1S/C18H17N4O2/c1-22-12-16(11-21-22)15-5-2-6-17(8-15)24-13-18(23)20-10-14-4-3-7-19-9-14/h3-9,11-12H,10,13H2,1H3,(H,20,23). The van der Waals surface area contributed by atoms with E-state index in [0.29, 0.717) is 12.3 Å². The zero-order chi connectivity index (χ0) is 16.8. The Morgan fingerprint density at radius 3 is 3.00 bits per heavy atom. The minimum atomic E-state index is -0.189. The number of aryl methyl sites for hydroxylation is 1.